The van der Waals surface area contributed by atoms with E-state index in [2.05, 4.69) is 11.8 Å². The number of amides is 1. The summed E-state index contributed by atoms with van der Waals surface area (Å²) in [6, 6.07) is 9.94. The molecule has 0 spiro atoms. The minimum absolute atomic E-state index is 0.177. The fourth-order valence-corrected chi connectivity index (χ4v) is 2.46. The topological polar surface area (TPSA) is 32.8 Å². The van der Waals surface area contributed by atoms with Gasteiger partial charge in [-0.05, 0) is 38.4 Å². The summed E-state index contributed by atoms with van der Waals surface area (Å²) in [5.41, 5.74) is 1.02. The summed E-state index contributed by atoms with van der Waals surface area (Å²) < 4.78 is 5.34. The van der Waals surface area contributed by atoms with Crippen LogP contribution < -0.4 is 0 Å². The second kappa shape index (κ2) is 7.29. The van der Waals surface area contributed by atoms with Gasteiger partial charge in [-0.2, -0.15) is 0 Å². The van der Waals surface area contributed by atoms with Crippen molar-refractivity contribution in [3.8, 4) is 0 Å². The van der Waals surface area contributed by atoms with E-state index in [1.807, 2.05) is 37.4 Å². The van der Waals surface area contributed by atoms with Gasteiger partial charge in [0.15, 0.2) is 0 Å². The van der Waals surface area contributed by atoms with Crippen LogP contribution in [0.4, 0.5) is 4.79 Å². The molecule has 0 aliphatic carbocycles. The third-order valence-corrected chi connectivity index (χ3v) is 3.88. The molecule has 4 heteroatoms. The highest BCUT2D eigenvalue weighted by Gasteiger charge is 2.21. The molecule has 1 heterocycles. The SMILES string of the molecule is CC(CN1CCCC1)N(C)C(=O)OCc1ccccc1. The number of ether oxygens (including phenoxy) is 1. The molecule has 2 rings (SSSR count). The molecule has 1 saturated heterocycles. The quantitative estimate of drug-likeness (QED) is 0.829. The minimum Gasteiger partial charge on any atom is -0.445 e. The lowest BCUT2D eigenvalue weighted by Crippen LogP contribution is -2.42. The highest BCUT2D eigenvalue weighted by atomic mass is 16.6. The van der Waals surface area contributed by atoms with E-state index in [1.54, 1.807) is 4.90 Å². The lowest BCUT2D eigenvalue weighted by Gasteiger charge is -2.28. The maximum absolute atomic E-state index is 12.0. The average molecular weight is 276 g/mol. The summed E-state index contributed by atoms with van der Waals surface area (Å²) >= 11 is 0. The molecule has 110 valence electrons. The molecule has 1 unspecified atom stereocenters. The Kier molecular flexibility index (Phi) is 5.41. The number of nitrogens with zero attached hydrogens (tertiary/aromatic N) is 2. The van der Waals surface area contributed by atoms with Crippen molar-refractivity contribution < 1.29 is 9.53 Å². The van der Waals surface area contributed by atoms with E-state index in [4.69, 9.17) is 4.74 Å². The number of hydrogen-bond acceptors (Lipinski definition) is 3. The van der Waals surface area contributed by atoms with Gasteiger partial charge in [0.2, 0.25) is 0 Å². The first-order chi connectivity index (χ1) is 9.66. The van der Waals surface area contributed by atoms with Gasteiger partial charge < -0.3 is 14.5 Å². The van der Waals surface area contributed by atoms with Gasteiger partial charge in [-0.25, -0.2) is 4.79 Å². The molecule has 0 bridgehead atoms. The molecule has 0 radical (unpaired) electrons. The zero-order valence-corrected chi connectivity index (χ0v) is 12.4. The smallest absolute Gasteiger partial charge is 0.410 e. The number of benzene rings is 1. The van der Waals surface area contributed by atoms with Crippen molar-refractivity contribution in [2.45, 2.75) is 32.4 Å². The van der Waals surface area contributed by atoms with Crippen molar-refractivity contribution in [1.29, 1.82) is 0 Å². The highest BCUT2D eigenvalue weighted by Crippen LogP contribution is 2.11. The van der Waals surface area contributed by atoms with Crippen LogP contribution in [0.15, 0.2) is 30.3 Å². The fourth-order valence-electron chi connectivity index (χ4n) is 2.46. The van der Waals surface area contributed by atoms with Gasteiger partial charge in [-0.1, -0.05) is 30.3 Å². The number of carbonyl (C=O) groups excluding carboxylic acids is 1. The Morgan fingerprint density at radius 2 is 1.95 bits per heavy atom. The molecule has 4 nitrogen and oxygen atoms in total. The number of likely N-dealkylation sites (N-methyl/N-ethyl adjacent to an activating group) is 1. The fraction of sp³-hybridized carbons (Fsp3) is 0.562. The molecule has 1 fully saturated rings. The third-order valence-electron chi connectivity index (χ3n) is 3.88. The molecular formula is C16H24N2O2. The molecule has 0 aromatic heterocycles. The van der Waals surface area contributed by atoms with E-state index >= 15 is 0 Å². The van der Waals surface area contributed by atoms with Gasteiger partial charge in [0.05, 0.1) is 0 Å². The van der Waals surface area contributed by atoms with E-state index < -0.39 is 0 Å². The Labute approximate surface area is 121 Å². The Morgan fingerprint density at radius 1 is 1.30 bits per heavy atom. The molecule has 1 aromatic carbocycles. The van der Waals surface area contributed by atoms with Crippen molar-refractivity contribution in [1.82, 2.24) is 9.80 Å². The standard InChI is InChI=1S/C16H24N2O2/c1-14(12-18-10-6-7-11-18)17(2)16(19)20-13-15-8-4-3-5-9-15/h3-5,8-9,14H,6-7,10-13H2,1-2H3. The predicted molar refractivity (Wildman–Crippen MR) is 79.5 cm³/mol. The van der Waals surface area contributed by atoms with Crippen molar-refractivity contribution in [3.05, 3.63) is 35.9 Å². The van der Waals surface area contributed by atoms with Crippen molar-refractivity contribution in [2.24, 2.45) is 0 Å². The Balaban J connectivity index is 1.75. The van der Waals surface area contributed by atoms with E-state index in [9.17, 15) is 4.79 Å². The van der Waals surface area contributed by atoms with Crippen LogP contribution in [0.2, 0.25) is 0 Å². The number of hydrogen-bond donors (Lipinski definition) is 0. The molecule has 1 atom stereocenters. The van der Waals surface area contributed by atoms with E-state index in [0.29, 0.717) is 6.61 Å². The summed E-state index contributed by atoms with van der Waals surface area (Å²) in [7, 11) is 1.81. The van der Waals surface area contributed by atoms with Gasteiger partial charge in [-0.3, -0.25) is 0 Å². The zero-order chi connectivity index (χ0) is 14.4. The zero-order valence-electron chi connectivity index (χ0n) is 12.4. The van der Waals surface area contributed by atoms with Crippen LogP contribution in [0.5, 0.6) is 0 Å². The van der Waals surface area contributed by atoms with E-state index in [-0.39, 0.29) is 12.1 Å². The predicted octanol–water partition coefficient (Wildman–Crippen LogP) is 2.74. The second-order valence-corrected chi connectivity index (χ2v) is 5.51. The molecule has 1 amide bonds. The molecule has 1 aromatic rings. The first kappa shape index (κ1) is 14.9. The summed E-state index contributed by atoms with van der Waals surface area (Å²) in [6.45, 7) is 5.63. The van der Waals surface area contributed by atoms with Gasteiger partial charge in [0.25, 0.3) is 0 Å². The monoisotopic (exact) mass is 276 g/mol. The maximum atomic E-state index is 12.0. The van der Waals surface area contributed by atoms with Crippen molar-refractivity contribution in [3.63, 3.8) is 0 Å². The number of carbonyl (C=O) groups is 1. The summed E-state index contributed by atoms with van der Waals surface area (Å²) in [6.07, 6.45) is 2.30. The molecule has 0 N–H and O–H groups in total. The van der Waals surface area contributed by atoms with Crippen molar-refractivity contribution >= 4 is 6.09 Å². The molecule has 20 heavy (non-hydrogen) atoms. The lowest BCUT2D eigenvalue weighted by molar-refractivity contribution is 0.0870. The lowest BCUT2D eigenvalue weighted by atomic mass is 10.2. The Bertz CT molecular complexity index is 416. The largest absolute Gasteiger partial charge is 0.445 e. The Hall–Kier alpha value is -1.55. The Morgan fingerprint density at radius 3 is 2.60 bits per heavy atom. The molecular weight excluding hydrogens is 252 g/mol. The average Bonchev–Trinajstić information content (AvgIpc) is 2.98. The summed E-state index contributed by atoms with van der Waals surface area (Å²) in [4.78, 5) is 16.1. The van der Waals surface area contributed by atoms with E-state index in [0.717, 1.165) is 25.2 Å². The van der Waals surface area contributed by atoms with Gasteiger partial charge in [0, 0.05) is 19.6 Å². The van der Waals surface area contributed by atoms with Gasteiger partial charge in [-0.15, -0.1) is 0 Å². The second-order valence-electron chi connectivity index (χ2n) is 5.51. The van der Waals surface area contributed by atoms with Crippen LogP contribution in [-0.4, -0.2) is 48.6 Å². The van der Waals surface area contributed by atoms with Gasteiger partial charge in [0.1, 0.15) is 6.61 Å². The first-order valence-electron chi connectivity index (χ1n) is 7.32. The van der Waals surface area contributed by atoms with Crippen LogP contribution in [0.3, 0.4) is 0 Å². The van der Waals surface area contributed by atoms with Crippen LogP contribution in [0.25, 0.3) is 0 Å². The van der Waals surface area contributed by atoms with Crippen LogP contribution in [-0.2, 0) is 11.3 Å². The maximum Gasteiger partial charge on any atom is 0.410 e. The molecule has 0 saturated carbocycles. The minimum atomic E-state index is -0.249. The van der Waals surface area contributed by atoms with Gasteiger partial charge >= 0.3 is 6.09 Å². The van der Waals surface area contributed by atoms with Crippen LogP contribution >= 0.6 is 0 Å². The van der Waals surface area contributed by atoms with E-state index in [1.165, 1.54) is 12.8 Å². The van der Waals surface area contributed by atoms with Crippen LogP contribution in [0, 0.1) is 0 Å². The summed E-state index contributed by atoms with van der Waals surface area (Å²) in [5.74, 6) is 0. The number of likely N-dealkylation sites (tertiary alicyclic amines) is 1. The highest BCUT2D eigenvalue weighted by molar-refractivity contribution is 5.67. The van der Waals surface area contributed by atoms with Crippen molar-refractivity contribution in [2.75, 3.05) is 26.7 Å². The van der Waals surface area contributed by atoms with Crippen LogP contribution in [0.1, 0.15) is 25.3 Å². The third kappa shape index (κ3) is 4.23. The summed E-state index contributed by atoms with van der Waals surface area (Å²) in [5, 5.41) is 0. The first-order valence-corrected chi connectivity index (χ1v) is 7.32. The molecule has 1 aliphatic heterocycles. The molecule has 1 aliphatic rings. The normalized spacial score (nSPS) is 16.9. The number of rotatable bonds is 5.